The Hall–Kier alpha value is -4.37. The van der Waals surface area contributed by atoms with Crippen molar-refractivity contribution in [2.75, 3.05) is 19.1 Å². The van der Waals surface area contributed by atoms with Crippen LogP contribution in [0.1, 0.15) is 41.4 Å². The van der Waals surface area contributed by atoms with Crippen molar-refractivity contribution in [2.24, 2.45) is 0 Å². The summed E-state index contributed by atoms with van der Waals surface area (Å²) in [5.74, 6) is -2.33. The number of hydrogen-bond acceptors (Lipinski definition) is 8. The Bertz CT molecular complexity index is 1420. The zero-order valence-corrected chi connectivity index (χ0v) is 21.9. The molecule has 1 saturated heterocycles. The van der Waals surface area contributed by atoms with Gasteiger partial charge in [0.15, 0.2) is 0 Å². The SMILES string of the molecule is COc1cc(/C(O)=C2\C(=O)C(=O)N(c3ccc(C(=O)OC(C)C)cc3)C2c2cccnc2)c(OC)cc1Cl. The average Bonchev–Trinajstić information content (AvgIpc) is 3.18. The van der Waals surface area contributed by atoms with Crippen molar-refractivity contribution in [3.63, 3.8) is 0 Å². The van der Waals surface area contributed by atoms with Crippen LogP contribution < -0.4 is 14.4 Å². The van der Waals surface area contributed by atoms with Gasteiger partial charge < -0.3 is 19.3 Å². The van der Waals surface area contributed by atoms with E-state index in [-0.39, 0.29) is 39.3 Å². The fourth-order valence-electron chi connectivity index (χ4n) is 4.18. The molecule has 2 heterocycles. The number of rotatable bonds is 7. The number of methoxy groups -OCH3 is 2. The first-order chi connectivity index (χ1) is 18.2. The van der Waals surface area contributed by atoms with E-state index in [1.807, 2.05) is 0 Å². The number of hydrogen-bond donors (Lipinski definition) is 1. The third-order valence-corrected chi connectivity index (χ3v) is 6.19. The van der Waals surface area contributed by atoms with Gasteiger partial charge >= 0.3 is 5.97 Å². The number of esters is 1. The molecule has 1 unspecified atom stereocenters. The van der Waals surface area contributed by atoms with E-state index in [0.717, 1.165) is 0 Å². The Balaban J connectivity index is 1.88. The van der Waals surface area contributed by atoms with Gasteiger partial charge in [0.05, 0.1) is 48.1 Å². The number of pyridine rings is 1. The van der Waals surface area contributed by atoms with Crippen LogP contribution in [-0.2, 0) is 14.3 Å². The zero-order valence-electron chi connectivity index (χ0n) is 21.1. The minimum absolute atomic E-state index is 0.118. The Morgan fingerprint density at radius 3 is 2.32 bits per heavy atom. The van der Waals surface area contributed by atoms with Gasteiger partial charge in [0.2, 0.25) is 0 Å². The van der Waals surface area contributed by atoms with Crippen molar-refractivity contribution in [1.29, 1.82) is 0 Å². The molecule has 9 nitrogen and oxygen atoms in total. The first-order valence-electron chi connectivity index (χ1n) is 11.6. The molecule has 1 aliphatic rings. The van der Waals surface area contributed by atoms with Gasteiger partial charge in [-0.15, -0.1) is 0 Å². The number of aliphatic hydroxyl groups is 1. The van der Waals surface area contributed by atoms with Gasteiger partial charge in [0, 0.05) is 24.1 Å². The van der Waals surface area contributed by atoms with Crippen molar-refractivity contribution >= 4 is 40.7 Å². The standard InChI is InChI=1S/C28H25ClN2O7/c1-15(2)38-28(35)16-7-9-18(10-8-16)31-24(17-6-5-11-30-14-17)23(26(33)27(31)34)25(32)19-12-22(37-4)20(29)13-21(19)36-3/h5-15,24,32H,1-4H3/b25-23+. The number of aromatic nitrogens is 1. The molecule has 38 heavy (non-hydrogen) atoms. The molecular weight excluding hydrogens is 512 g/mol. The number of ether oxygens (including phenoxy) is 3. The lowest BCUT2D eigenvalue weighted by Crippen LogP contribution is -2.29. The van der Waals surface area contributed by atoms with Crippen molar-refractivity contribution in [1.82, 2.24) is 4.98 Å². The van der Waals surface area contributed by atoms with Crippen LogP contribution in [-0.4, -0.2) is 48.1 Å². The summed E-state index contributed by atoms with van der Waals surface area (Å²) in [5, 5.41) is 11.7. The van der Waals surface area contributed by atoms with Crippen molar-refractivity contribution in [3.05, 3.63) is 88.2 Å². The predicted molar refractivity (Wildman–Crippen MR) is 141 cm³/mol. The first-order valence-corrected chi connectivity index (χ1v) is 12.0. The second kappa shape index (κ2) is 10.9. The number of ketones is 1. The molecule has 0 saturated carbocycles. The lowest BCUT2D eigenvalue weighted by Gasteiger charge is -2.25. The van der Waals surface area contributed by atoms with Crippen LogP contribution in [0.25, 0.3) is 5.76 Å². The number of halogens is 1. The third kappa shape index (κ3) is 4.92. The van der Waals surface area contributed by atoms with Crippen LogP contribution in [0.3, 0.4) is 0 Å². The molecule has 10 heteroatoms. The molecule has 1 aromatic heterocycles. The molecule has 3 aromatic rings. The van der Waals surface area contributed by atoms with Gasteiger partial charge in [-0.05, 0) is 55.8 Å². The lowest BCUT2D eigenvalue weighted by molar-refractivity contribution is -0.132. The van der Waals surface area contributed by atoms with E-state index >= 15 is 0 Å². The van der Waals surface area contributed by atoms with E-state index in [1.54, 1.807) is 32.2 Å². The molecule has 4 rings (SSSR count). The van der Waals surface area contributed by atoms with Gasteiger partial charge in [-0.2, -0.15) is 0 Å². The number of carbonyl (C=O) groups is 3. The highest BCUT2D eigenvalue weighted by atomic mass is 35.5. The summed E-state index contributed by atoms with van der Waals surface area (Å²) in [7, 11) is 2.80. The van der Waals surface area contributed by atoms with Gasteiger partial charge in [-0.25, -0.2) is 4.79 Å². The molecule has 0 aliphatic carbocycles. The smallest absolute Gasteiger partial charge is 0.338 e. The maximum absolute atomic E-state index is 13.4. The second-order valence-electron chi connectivity index (χ2n) is 8.64. The van der Waals surface area contributed by atoms with E-state index in [0.29, 0.717) is 11.3 Å². The van der Waals surface area contributed by atoms with E-state index in [1.165, 1.54) is 61.7 Å². The van der Waals surface area contributed by atoms with Crippen LogP contribution in [0.5, 0.6) is 11.5 Å². The van der Waals surface area contributed by atoms with E-state index in [9.17, 15) is 19.5 Å². The Morgan fingerprint density at radius 1 is 1.05 bits per heavy atom. The topological polar surface area (TPSA) is 115 Å². The monoisotopic (exact) mass is 536 g/mol. The van der Waals surface area contributed by atoms with Crippen LogP contribution in [0.2, 0.25) is 5.02 Å². The fourth-order valence-corrected chi connectivity index (χ4v) is 4.41. The Morgan fingerprint density at radius 2 is 1.74 bits per heavy atom. The summed E-state index contributed by atoms with van der Waals surface area (Å²) < 4.78 is 15.9. The summed E-state index contributed by atoms with van der Waals surface area (Å²) in [6.45, 7) is 3.48. The summed E-state index contributed by atoms with van der Waals surface area (Å²) >= 11 is 6.21. The van der Waals surface area contributed by atoms with Crippen LogP contribution in [0.15, 0.2) is 66.5 Å². The lowest BCUT2D eigenvalue weighted by atomic mass is 9.95. The Labute approximate surface area is 224 Å². The normalized spacial score (nSPS) is 16.6. The van der Waals surface area contributed by atoms with E-state index in [4.69, 9.17) is 25.8 Å². The number of aliphatic hydroxyl groups excluding tert-OH is 1. The highest BCUT2D eigenvalue weighted by Gasteiger charge is 2.47. The number of anilines is 1. The summed E-state index contributed by atoms with van der Waals surface area (Å²) in [5.41, 5.74) is 1.05. The number of benzene rings is 2. The number of Topliss-reactive ketones (excluding diaryl/α,β-unsaturated/α-hetero) is 1. The van der Waals surface area contributed by atoms with Crippen LogP contribution in [0, 0.1) is 0 Å². The molecule has 1 atom stereocenters. The molecular formula is C28H25ClN2O7. The Kier molecular flexibility index (Phi) is 7.68. The largest absolute Gasteiger partial charge is 0.507 e. The average molecular weight is 537 g/mol. The highest BCUT2D eigenvalue weighted by Crippen LogP contribution is 2.44. The minimum atomic E-state index is -1.02. The molecule has 1 fully saturated rings. The number of nitrogens with zero attached hydrogens (tertiary/aromatic N) is 2. The van der Waals surface area contributed by atoms with Gasteiger partial charge in [-0.3, -0.25) is 19.5 Å². The van der Waals surface area contributed by atoms with Gasteiger partial charge in [0.25, 0.3) is 11.7 Å². The molecule has 0 radical (unpaired) electrons. The van der Waals surface area contributed by atoms with Crippen LogP contribution >= 0.6 is 11.6 Å². The summed E-state index contributed by atoms with van der Waals surface area (Å²) in [4.78, 5) is 44.5. The second-order valence-corrected chi connectivity index (χ2v) is 9.05. The fraction of sp³-hybridized carbons (Fsp3) is 0.214. The molecule has 0 spiro atoms. The molecule has 0 bridgehead atoms. The quantitative estimate of drug-likeness (QED) is 0.195. The maximum Gasteiger partial charge on any atom is 0.338 e. The van der Waals surface area contributed by atoms with E-state index in [2.05, 4.69) is 4.98 Å². The molecule has 1 amide bonds. The van der Waals surface area contributed by atoms with Gasteiger partial charge in [0.1, 0.15) is 17.3 Å². The highest BCUT2D eigenvalue weighted by molar-refractivity contribution is 6.51. The third-order valence-electron chi connectivity index (χ3n) is 5.90. The zero-order chi connectivity index (χ0) is 27.6. The summed E-state index contributed by atoms with van der Waals surface area (Å²) in [6, 6.07) is 11.3. The number of amides is 1. The molecule has 1 aliphatic heterocycles. The van der Waals surface area contributed by atoms with Crippen molar-refractivity contribution < 1.29 is 33.7 Å². The van der Waals surface area contributed by atoms with E-state index < -0.39 is 29.5 Å². The maximum atomic E-state index is 13.4. The first kappa shape index (κ1) is 26.7. The minimum Gasteiger partial charge on any atom is -0.507 e. The van der Waals surface area contributed by atoms with Gasteiger partial charge in [-0.1, -0.05) is 17.7 Å². The molecule has 1 N–H and O–H groups in total. The number of carbonyl (C=O) groups excluding carboxylic acids is 3. The van der Waals surface area contributed by atoms with Crippen LogP contribution in [0.4, 0.5) is 5.69 Å². The van der Waals surface area contributed by atoms with Crippen molar-refractivity contribution in [3.8, 4) is 11.5 Å². The van der Waals surface area contributed by atoms with Crippen molar-refractivity contribution in [2.45, 2.75) is 26.0 Å². The molecule has 2 aromatic carbocycles. The predicted octanol–water partition coefficient (Wildman–Crippen LogP) is 4.94. The summed E-state index contributed by atoms with van der Waals surface area (Å²) in [6.07, 6.45) is 2.76. The molecule has 196 valence electrons.